The smallest absolute Gasteiger partial charge is 0.00264 e. The van der Waals surface area contributed by atoms with E-state index in [0.29, 0.717) is 0 Å². The van der Waals surface area contributed by atoms with Crippen molar-refractivity contribution in [1.29, 1.82) is 0 Å². The van der Waals surface area contributed by atoms with Crippen molar-refractivity contribution >= 4 is 75.4 Å². The third kappa shape index (κ3) is 50.0. The summed E-state index contributed by atoms with van der Waals surface area (Å²) in [6, 6.07) is 97.4. The van der Waals surface area contributed by atoms with Gasteiger partial charge in [-0.25, -0.2) is 0 Å². The fourth-order valence-electron chi connectivity index (χ4n) is 15.4. The molecule has 0 radical (unpaired) electrons. The first kappa shape index (κ1) is 125. The van der Waals surface area contributed by atoms with Gasteiger partial charge in [0.25, 0.3) is 0 Å². The van der Waals surface area contributed by atoms with E-state index in [-0.39, 0.29) is 0 Å². The lowest BCUT2D eigenvalue weighted by Gasteiger charge is -2.32. The van der Waals surface area contributed by atoms with E-state index >= 15 is 0 Å². The van der Waals surface area contributed by atoms with E-state index < -0.39 is 0 Å². The van der Waals surface area contributed by atoms with E-state index in [0.717, 1.165) is 23.7 Å². The van der Waals surface area contributed by atoms with Crippen LogP contribution in [0.1, 0.15) is 376 Å². The fraction of sp³-hybridized carbons (Fsp3) is 0.492. The molecule has 0 aliphatic heterocycles. The van der Waals surface area contributed by atoms with Crippen LogP contribution in [0.5, 0.6) is 0 Å². The predicted octanol–water partition coefficient (Wildman–Crippen LogP) is 43.9. The highest BCUT2D eigenvalue weighted by atomic mass is 14.3. The van der Waals surface area contributed by atoms with Crippen LogP contribution < -0.4 is 0 Å². The maximum Gasteiger partial charge on any atom is -0.00264 e. The molecular weight excluding hydrogens is 1470 g/mol. The lowest BCUT2D eigenvalue weighted by Crippen LogP contribution is -2.20. The van der Waals surface area contributed by atoms with Crippen molar-refractivity contribution in [1.82, 2.24) is 0 Å². The summed E-state index contributed by atoms with van der Waals surface area (Å²) >= 11 is 0. The van der Waals surface area contributed by atoms with Crippen LogP contribution in [0.15, 0.2) is 279 Å². The molecule has 0 heteroatoms. The van der Waals surface area contributed by atoms with E-state index in [1.54, 1.807) is 51.4 Å². The molecule has 5 fully saturated rings. The van der Waals surface area contributed by atoms with Gasteiger partial charge in [0.15, 0.2) is 0 Å². The molecule has 0 N–H and O–H groups in total. The van der Waals surface area contributed by atoms with Crippen LogP contribution in [0.25, 0.3) is 86.5 Å². The Hall–Kier alpha value is -8.06. The van der Waals surface area contributed by atoms with Crippen molar-refractivity contribution in [3.05, 3.63) is 279 Å². The zero-order valence-electron chi connectivity index (χ0n) is 85.8. The molecule has 0 saturated heterocycles. The Kier molecular flexibility index (Phi) is 97.3. The second-order valence-corrected chi connectivity index (χ2v) is 26.2. The molecule has 18 rings (SSSR count). The van der Waals surface area contributed by atoms with Gasteiger partial charge in [-0.05, 0) is 122 Å². The summed E-state index contributed by atoms with van der Waals surface area (Å²) in [4.78, 5) is 0. The van der Waals surface area contributed by atoms with Crippen molar-refractivity contribution in [3.63, 3.8) is 0 Å². The van der Waals surface area contributed by atoms with Gasteiger partial charge in [0, 0.05) is 0 Å². The van der Waals surface area contributed by atoms with Crippen LogP contribution in [0.3, 0.4) is 0 Å². The van der Waals surface area contributed by atoms with Gasteiger partial charge in [0.2, 0.25) is 0 Å². The first-order valence-electron chi connectivity index (χ1n) is 51.2. The minimum atomic E-state index is 1.14. The van der Waals surface area contributed by atoms with E-state index in [4.69, 9.17) is 0 Å². The molecule has 0 aromatic heterocycles. The van der Waals surface area contributed by atoms with Gasteiger partial charge in [0.05, 0.1) is 0 Å². The Balaban J connectivity index is -0.000000305. The highest BCUT2D eigenvalue weighted by Gasteiger charge is 2.27. The second kappa shape index (κ2) is 95.2. The van der Waals surface area contributed by atoms with Gasteiger partial charge < -0.3 is 0 Å². The summed E-state index contributed by atoms with van der Waals surface area (Å²) < 4.78 is 0. The monoisotopic (exact) mass is 1660 g/mol. The SMILES string of the molecule is C1CCC(C2CCCC2)C1.C1CCC(C2CCCCC2)CC1.C1CCCCC1.CC.CC.CC.CC.CC.CC.CC.CC.CC.CC.CC.CC.CC.CC.CC.CC.c1cc2cccc3c4cccc5cccc(c(c1)c23)c54.c1ccc(-c2ccccc2)cc1.c1ccc2cc3ccccc3cc2c1.c1ccc2ccccc2c1.c1ccccc1. The average molecular weight is 1660 g/mol. The predicted molar refractivity (Wildman–Crippen MR) is 578 cm³/mol. The topological polar surface area (TPSA) is 0 Å². The summed E-state index contributed by atoms with van der Waals surface area (Å²) in [6.45, 7) is 64.0. The molecule has 0 heterocycles. The molecule has 0 atom stereocenters. The van der Waals surface area contributed by atoms with Crippen LogP contribution in [0.4, 0.5) is 0 Å². The lowest BCUT2D eigenvalue weighted by atomic mass is 9.73. The van der Waals surface area contributed by atoms with Crippen LogP contribution in [-0.4, -0.2) is 0 Å². The molecule has 682 valence electrons. The largest absolute Gasteiger partial charge is 0.0683 e. The van der Waals surface area contributed by atoms with Crippen molar-refractivity contribution in [2.45, 2.75) is 376 Å². The summed E-state index contributed by atoms with van der Waals surface area (Å²) in [5.41, 5.74) is 2.55. The van der Waals surface area contributed by atoms with E-state index in [1.807, 2.05) is 270 Å². The van der Waals surface area contributed by atoms with Gasteiger partial charge in [-0.15, -0.1) is 0 Å². The lowest BCUT2D eigenvalue weighted by molar-refractivity contribution is 0.196. The summed E-state index contributed by atoms with van der Waals surface area (Å²) in [7, 11) is 0. The molecule has 122 heavy (non-hydrogen) atoms. The Morgan fingerprint density at radius 3 is 0.459 bits per heavy atom. The molecule has 0 spiro atoms. The van der Waals surface area contributed by atoms with Gasteiger partial charge >= 0.3 is 0 Å². The van der Waals surface area contributed by atoms with E-state index in [2.05, 4.69) is 231 Å². The van der Waals surface area contributed by atoms with Crippen LogP contribution >= 0.6 is 0 Å². The number of hydrogen-bond donors (Lipinski definition) is 0. The highest BCUT2D eigenvalue weighted by molar-refractivity contribution is 6.32. The maximum atomic E-state index is 2.25. The first-order valence-corrected chi connectivity index (χ1v) is 51.2. The molecule has 5 saturated carbocycles. The first-order chi connectivity index (χ1) is 60.7. The van der Waals surface area contributed by atoms with Crippen molar-refractivity contribution in [2.75, 3.05) is 0 Å². The maximum absolute atomic E-state index is 2.25. The molecule has 13 aromatic carbocycles. The molecule has 5 aliphatic carbocycles. The Bertz CT molecular complexity index is 3650. The van der Waals surface area contributed by atoms with Crippen LogP contribution in [0.2, 0.25) is 0 Å². The van der Waals surface area contributed by atoms with Crippen molar-refractivity contribution in [2.24, 2.45) is 23.7 Å². The van der Waals surface area contributed by atoms with Gasteiger partial charge in [-0.3, -0.25) is 0 Å². The van der Waals surface area contributed by atoms with Gasteiger partial charge in [-0.2, -0.15) is 0 Å². The van der Waals surface area contributed by atoms with Crippen LogP contribution in [-0.2, 0) is 0 Å². The number of rotatable bonds is 3. The molecule has 0 bridgehead atoms. The minimum Gasteiger partial charge on any atom is -0.0683 e. The average Bonchev–Trinajstić information content (AvgIpc) is 0.794. The Morgan fingerprint density at radius 1 is 0.131 bits per heavy atom. The molecule has 5 aliphatic rings. The second-order valence-electron chi connectivity index (χ2n) is 26.2. The summed E-state index contributed by atoms with van der Waals surface area (Å²) in [5, 5.41) is 18.7. The van der Waals surface area contributed by atoms with E-state index in [1.165, 1.54) is 189 Å². The third-order valence-corrected chi connectivity index (χ3v) is 20.1. The third-order valence-electron chi connectivity index (χ3n) is 20.1. The molecule has 0 nitrogen and oxygen atoms in total. The number of fused-ring (bicyclic) bond motifs is 5. The normalized spacial score (nSPS) is 12.7. The standard InChI is InChI=1S/C20H12.C14H10.C12H22.C12H10.C10H8.C10H18.C6H12.C6H6.16C2H6/c1-5-13-6-2-11-17-18-12-4-8-14-7-3-10-16(20(14)18)15(9-1)19(13)17;1-2-6-12-10-14-8-4-3-7-13(14)9-11(12)5-1;2*1-3-7-11(8-4-1)12-9-5-2-6-10-12;1-2-6-10-8-4-3-7-9(10)5-1;1-2-6-9(5-1)10-7-3-4-8-10;2*1-2-4-6-5-3-1;16*1-2/h1-12H;1-10H;11-12H,1-10H2;1-10H;1-8H;9-10H,1-8H2;1-6H2;1-6H;16*1-2H3. The van der Waals surface area contributed by atoms with E-state index in [9.17, 15) is 0 Å². The zero-order chi connectivity index (χ0) is 93.0. The summed E-state index contributed by atoms with van der Waals surface area (Å²) in [5.74, 6) is 4.59. The fourth-order valence-corrected chi connectivity index (χ4v) is 15.4. The van der Waals surface area contributed by atoms with Crippen LogP contribution in [0, 0.1) is 23.7 Å². The van der Waals surface area contributed by atoms with Gasteiger partial charge in [0.1, 0.15) is 0 Å². The summed E-state index contributed by atoms with van der Waals surface area (Å²) in [6.07, 6.45) is 36.7. The van der Waals surface area contributed by atoms with Crippen molar-refractivity contribution < 1.29 is 0 Å². The zero-order valence-corrected chi connectivity index (χ0v) is 85.8. The molecule has 13 aromatic rings. The van der Waals surface area contributed by atoms with Crippen molar-refractivity contribution in [3.8, 4) is 11.1 Å². The molecule has 0 amide bonds. The highest BCUT2D eigenvalue weighted by Crippen LogP contribution is 2.42. The number of hydrogen-bond acceptors (Lipinski definition) is 0. The Morgan fingerprint density at radius 2 is 0.270 bits per heavy atom. The minimum absolute atomic E-state index is 1.14. The quantitative estimate of drug-likeness (QED) is 0.122. The van der Waals surface area contributed by atoms with Gasteiger partial charge in [-0.1, -0.05) is 643 Å². The molecular formula is C122H194. The number of benzene rings is 13. The molecule has 0 unspecified atom stereocenters. The Labute approximate surface area is 759 Å².